The van der Waals surface area contributed by atoms with Gasteiger partial charge in [-0.1, -0.05) is 19.1 Å². The second-order valence-corrected chi connectivity index (χ2v) is 6.29. The van der Waals surface area contributed by atoms with E-state index in [0.29, 0.717) is 18.8 Å². The number of hydrogen-bond acceptors (Lipinski definition) is 3. The van der Waals surface area contributed by atoms with Gasteiger partial charge in [-0.3, -0.25) is 4.31 Å². The maximum Gasteiger partial charge on any atom is 0.301 e. The Balaban J connectivity index is 3.06. The van der Waals surface area contributed by atoms with Crippen LogP contribution in [0, 0.1) is 0 Å². The van der Waals surface area contributed by atoms with Crippen LogP contribution in [0.4, 0.5) is 5.69 Å². The summed E-state index contributed by atoms with van der Waals surface area (Å²) in [5.74, 6) is 0. The van der Waals surface area contributed by atoms with Crippen molar-refractivity contribution >= 4 is 15.9 Å². The maximum absolute atomic E-state index is 12.3. The second-order valence-electron chi connectivity index (χ2n) is 4.66. The monoisotopic (exact) mass is 285 g/mol. The molecule has 0 bridgehead atoms. The van der Waals surface area contributed by atoms with E-state index < -0.39 is 10.2 Å². The maximum atomic E-state index is 12.3. The molecule has 3 N–H and O–H groups in total. The first-order valence-corrected chi connectivity index (χ1v) is 7.94. The van der Waals surface area contributed by atoms with Gasteiger partial charge in [-0.15, -0.1) is 0 Å². The molecule has 0 atom stereocenters. The lowest BCUT2D eigenvalue weighted by Crippen LogP contribution is -2.45. The highest BCUT2D eigenvalue weighted by Crippen LogP contribution is 2.20. The second kappa shape index (κ2) is 6.88. The van der Waals surface area contributed by atoms with Crippen molar-refractivity contribution in [2.24, 2.45) is 5.73 Å². The summed E-state index contributed by atoms with van der Waals surface area (Å²) >= 11 is 0. The van der Waals surface area contributed by atoms with Crippen molar-refractivity contribution in [3.05, 3.63) is 29.8 Å². The van der Waals surface area contributed by atoms with Crippen molar-refractivity contribution < 1.29 is 8.42 Å². The fourth-order valence-corrected chi connectivity index (χ4v) is 3.35. The molecule has 0 spiro atoms. The fraction of sp³-hybridized carbons (Fsp3) is 0.538. The van der Waals surface area contributed by atoms with Crippen LogP contribution in [-0.2, 0) is 16.8 Å². The Morgan fingerprint density at radius 3 is 2.26 bits per heavy atom. The first kappa shape index (κ1) is 15.9. The Labute approximate surface area is 116 Å². The Hall–Kier alpha value is -1.11. The quantitative estimate of drug-likeness (QED) is 0.799. The van der Waals surface area contributed by atoms with Crippen LogP contribution in [0.25, 0.3) is 0 Å². The number of nitrogens with two attached hydrogens (primary N) is 1. The molecule has 0 aliphatic rings. The van der Waals surface area contributed by atoms with Crippen LogP contribution in [0.15, 0.2) is 24.3 Å². The molecule has 0 fully saturated rings. The highest BCUT2D eigenvalue weighted by molar-refractivity contribution is 7.90. The van der Waals surface area contributed by atoms with Gasteiger partial charge in [-0.2, -0.15) is 13.1 Å². The normalized spacial score (nSPS) is 11.8. The molecule has 19 heavy (non-hydrogen) atoms. The van der Waals surface area contributed by atoms with Crippen LogP contribution in [-0.4, -0.2) is 21.0 Å². The van der Waals surface area contributed by atoms with Gasteiger partial charge in [0.1, 0.15) is 0 Å². The number of anilines is 1. The predicted molar refractivity (Wildman–Crippen MR) is 79.2 cm³/mol. The average molecular weight is 285 g/mol. The predicted octanol–water partition coefficient (Wildman–Crippen LogP) is 1.60. The van der Waals surface area contributed by atoms with Crippen LogP contribution in [0.3, 0.4) is 0 Å². The van der Waals surface area contributed by atoms with E-state index in [4.69, 9.17) is 5.73 Å². The topological polar surface area (TPSA) is 75.4 Å². The molecule has 0 saturated heterocycles. The molecule has 0 aromatic heterocycles. The lowest BCUT2D eigenvalue weighted by molar-refractivity contribution is 0.569. The van der Waals surface area contributed by atoms with E-state index in [2.05, 4.69) is 4.72 Å². The summed E-state index contributed by atoms with van der Waals surface area (Å²) in [6.07, 6.45) is 0.761. The number of benzene rings is 1. The van der Waals surface area contributed by atoms with Crippen molar-refractivity contribution in [1.29, 1.82) is 0 Å². The lowest BCUT2D eigenvalue weighted by Gasteiger charge is -2.28. The zero-order valence-corrected chi connectivity index (χ0v) is 12.6. The third-order valence-electron chi connectivity index (χ3n) is 2.69. The molecule has 0 amide bonds. The Bertz CT molecular complexity index is 483. The van der Waals surface area contributed by atoms with Gasteiger partial charge in [0.05, 0.1) is 5.69 Å². The number of rotatable bonds is 7. The highest BCUT2D eigenvalue weighted by Gasteiger charge is 2.24. The Morgan fingerprint density at radius 2 is 1.84 bits per heavy atom. The summed E-state index contributed by atoms with van der Waals surface area (Å²) in [4.78, 5) is 0. The first-order valence-electron chi connectivity index (χ1n) is 6.50. The highest BCUT2D eigenvalue weighted by atomic mass is 32.2. The third-order valence-corrected chi connectivity index (χ3v) is 4.41. The molecule has 5 nitrogen and oxygen atoms in total. The third kappa shape index (κ3) is 4.19. The zero-order chi connectivity index (χ0) is 14.5. The van der Waals surface area contributed by atoms with Gasteiger partial charge in [0.25, 0.3) is 0 Å². The lowest BCUT2D eigenvalue weighted by atomic mass is 10.2. The van der Waals surface area contributed by atoms with E-state index in [1.165, 1.54) is 4.31 Å². The minimum Gasteiger partial charge on any atom is -0.326 e. The van der Waals surface area contributed by atoms with Crippen molar-refractivity contribution in [2.75, 3.05) is 10.8 Å². The molecule has 0 saturated carbocycles. The van der Waals surface area contributed by atoms with Crippen LogP contribution >= 0.6 is 0 Å². The van der Waals surface area contributed by atoms with E-state index in [9.17, 15) is 8.42 Å². The molecule has 0 aliphatic heterocycles. The Kier molecular flexibility index (Phi) is 5.78. The SMILES string of the molecule is CCCNS(=O)(=O)N(c1ccc(CN)cc1)C(C)C. The van der Waals surface area contributed by atoms with Crippen LogP contribution in [0.5, 0.6) is 0 Å². The van der Waals surface area contributed by atoms with Crippen molar-refractivity contribution in [3.8, 4) is 0 Å². The molecule has 1 aromatic carbocycles. The van der Waals surface area contributed by atoms with Gasteiger partial charge < -0.3 is 5.73 Å². The molecular formula is C13H23N3O2S. The van der Waals surface area contributed by atoms with Crippen molar-refractivity contribution in [3.63, 3.8) is 0 Å². The van der Waals surface area contributed by atoms with Gasteiger partial charge >= 0.3 is 10.2 Å². The molecule has 0 aliphatic carbocycles. The first-order chi connectivity index (χ1) is 8.92. The zero-order valence-electron chi connectivity index (χ0n) is 11.8. The van der Waals surface area contributed by atoms with Crippen LogP contribution in [0.2, 0.25) is 0 Å². The largest absolute Gasteiger partial charge is 0.326 e. The van der Waals surface area contributed by atoms with Crippen molar-refractivity contribution in [2.45, 2.75) is 39.8 Å². The number of nitrogens with zero attached hydrogens (tertiary/aromatic N) is 1. The fourth-order valence-electron chi connectivity index (χ4n) is 1.79. The average Bonchev–Trinajstić information content (AvgIpc) is 2.36. The summed E-state index contributed by atoms with van der Waals surface area (Å²) in [7, 11) is -3.50. The van der Waals surface area contributed by atoms with Crippen LogP contribution < -0.4 is 14.8 Å². The molecule has 108 valence electrons. The number of hydrogen-bond donors (Lipinski definition) is 2. The molecule has 1 aromatic rings. The van der Waals surface area contributed by atoms with E-state index in [1.807, 2.05) is 32.9 Å². The standard InChI is InChI=1S/C13H23N3O2S/c1-4-9-15-19(17,18)16(11(2)3)13-7-5-12(10-14)6-8-13/h5-8,11,15H,4,9-10,14H2,1-3H3. The van der Waals surface area contributed by atoms with Gasteiger partial charge in [0, 0.05) is 19.1 Å². The number of nitrogens with one attached hydrogen (secondary N) is 1. The summed E-state index contributed by atoms with van der Waals surface area (Å²) in [6, 6.07) is 7.11. The Morgan fingerprint density at radius 1 is 1.26 bits per heavy atom. The summed E-state index contributed by atoms with van der Waals surface area (Å²) < 4.78 is 28.5. The van der Waals surface area contributed by atoms with Crippen molar-refractivity contribution in [1.82, 2.24) is 4.72 Å². The van der Waals surface area contributed by atoms with E-state index in [1.54, 1.807) is 12.1 Å². The van der Waals surface area contributed by atoms with Crippen LogP contribution in [0.1, 0.15) is 32.8 Å². The van der Waals surface area contributed by atoms with E-state index in [-0.39, 0.29) is 6.04 Å². The summed E-state index contributed by atoms with van der Waals surface area (Å²) in [5.41, 5.74) is 7.17. The molecule has 0 unspecified atom stereocenters. The molecule has 0 radical (unpaired) electrons. The van der Waals surface area contributed by atoms with Gasteiger partial charge in [0.2, 0.25) is 0 Å². The molecule has 6 heteroatoms. The van der Waals surface area contributed by atoms with Gasteiger partial charge in [-0.05, 0) is 38.0 Å². The summed E-state index contributed by atoms with van der Waals surface area (Å²) in [6.45, 7) is 6.51. The minimum absolute atomic E-state index is 0.155. The van der Waals surface area contributed by atoms with Gasteiger partial charge in [0.15, 0.2) is 0 Å². The molecular weight excluding hydrogens is 262 g/mol. The molecule has 0 heterocycles. The van der Waals surface area contributed by atoms with E-state index >= 15 is 0 Å². The minimum atomic E-state index is -3.50. The van der Waals surface area contributed by atoms with E-state index in [0.717, 1.165) is 12.0 Å². The van der Waals surface area contributed by atoms with Gasteiger partial charge in [-0.25, -0.2) is 0 Å². The summed E-state index contributed by atoms with van der Waals surface area (Å²) in [5, 5.41) is 0. The molecule has 1 rings (SSSR count). The smallest absolute Gasteiger partial charge is 0.301 e.